The molecule has 1 fully saturated rings. The van der Waals surface area contributed by atoms with Crippen LogP contribution >= 0.6 is 0 Å². The normalized spacial score (nSPS) is 20.3. The molecule has 0 spiro atoms. The molecule has 5 heteroatoms. The molecule has 2 N–H and O–H groups in total. The minimum absolute atomic E-state index is 0.0928. The Bertz CT molecular complexity index is 586. The molecule has 0 saturated heterocycles. The zero-order valence-electron chi connectivity index (χ0n) is 15.5. The quantitative estimate of drug-likeness (QED) is 0.797. The van der Waals surface area contributed by atoms with Gasteiger partial charge < -0.3 is 15.4 Å². The van der Waals surface area contributed by atoms with Crippen molar-refractivity contribution in [3.63, 3.8) is 0 Å². The number of hydrogen-bond donors (Lipinski definition) is 2. The van der Waals surface area contributed by atoms with Crippen molar-refractivity contribution in [2.45, 2.75) is 65.1 Å². The van der Waals surface area contributed by atoms with Crippen LogP contribution < -0.4 is 10.6 Å². The number of rotatable bonds is 7. The lowest BCUT2D eigenvalue weighted by Crippen LogP contribution is -2.33. The van der Waals surface area contributed by atoms with E-state index in [2.05, 4.69) is 17.6 Å². The fourth-order valence-corrected chi connectivity index (χ4v) is 3.13. The van der Waals surface area contributed by atoms with Gasteiger partial charge in [0.1, 0.15) is 6.61 Å². The molecule has 0 aliphatic heterocycles. The van der Waals surface area contributed by atoms with E-state index in [0.717, 1.165) is 12.0 Å². The van der Waals surface area contributed by atoms with Gasteiger partial charge in [0.05, 0.1) is 6.10 Å². The summed E-state index contributed by atoms with van der Waals surface area (Å²) in [6.45, 7) is 6.54. The summed E-state index contributed by atoms with van der Waals surface area (Å²) in [4.78, 5) is 24.0. The number of nitrogens with one attached hydrogen (secondary N) is 2. The van der Waals surface area contributed by atoms with Crippen LogP contribution in [-0.4, -0.2) is 30.6 Å². The second kappa shape index (κ2) is 9.56. The molecular formula is C20H30N2O3. The standard InChI is InChI=1S/C20H30N2O3/c1-14(2)22-20(24)17-9-6-8-16(11-17)12-21-19(23)13-25-18-10-5-4-7-15(18)3/h6,8-9,11,14-15,18H,4-5,7,10,12-13H2,1-3H3,(H,21,23)(H,22,24)/t15-,18+/m0/s1. The number of amides is 2. The number of benzene rings is 1. The maximum atomic E-state index is 12.0. The highest BCUT2D eigenvalue weighted by molar-refractivity contribution is 5.94. The van der Waals surface area contributed by atoms with E-state index in [9.17, 15) is 9.59 Å². The monoisotopic (exact) mass is 346 g/mol. The third-order valence-corrected chi connectivity index (χ3v) is 4.56. The maximum Gasteiger partial charge on any atom is 0.251 e. The summed E-state index contributed by atoms with van der Waals surface area (Å²) in [6.07, 6.45) is 4.86. The maximum absolute atomic E-state index is 12.0. The van der Waals surface area contributed by atoms with Gasteiger partial charge in [-0.3, -0.25) is 9.59 Å². The highest BCUT2D eigenvalue weighted by Gasteiger charge is 2.22. The summed E-state index contributed by atoms with van der Waals surface area (Å²) >= 11 is 0. The van der Waals surface area contributed by atoms with Crippen molar-refractivity contribution >= 4 is 11.8 Å². The molecule has 1 saturated carbocycles. The molecule has 2 atom stereocenters. The van der Waals surface area contributed by atoms with Gasteiger partial charge in [0.25, 0.3) is 5.91 Å². The van der Waals surface area contributed by atoms with Crippen LogP contribution in [0.25, 0.3) is 0 Å². The molecule has 1 aromatic rings. The van der Waals surface area contributed by atoms with Crippen LogP contribution in [0.4, 0.5) is 0 Å². The van der Waals surface area contributed by atoms with E-state index in [-0.39, 0.29) is 30.6 Å². The Labute approximate surface area is 150 Å². The Hall–Kier alpha value is -1.88. The van der Waals surface area contributed by atoms with Gasteiger partial charge >= 0.3 is 0 Å². The molecule has 25 heavy (non-hydrogen) atoms. The third kappa shape index (κ3) is 6.50. The molecule has 0 heterocycles. The molecule has 0 aromatic heterocycles. The first-order chi connectivity index (χ1) is 12.0. The van der Waals surface area contributed by atoms with E-state index in [0.29, 0.717) is 18.0 Å². The van der Waals surface area contributed by atoms with Crippen molar-refractivity contribution in [1.82, 2.24) is 10.6 Å². The topological polar surface area (TPSA) is 67.4 Å². The highest BCUT2D eigenvalue weighted by atomic mass is 16.5. The van der Waals surface area contributed by atoms with Crippen molar-refractivity contribution in [3.05, 3.63) is 35.4 Å². The summed E-state index contributed by atoms with van der Waals surface area (Å²) in [7, 11) is 0. The van der Waals surface area contributed by atoms with Gasteiger partial charge in [0.2, 0.25) is 5.91 Å². The van der Waals surface area contributed by atoms with Crippen LogP contribution in [0.15, 0.2) is 24.3 Å². The summed E-state index contributed by atoms with van der Waals surface area (Å²) < 4.78 is 5.77. The van der Waals surface area contributed by atoms with Crippen molar-refractivity contribution in [2.75, 3.05) is 6.61 Å². The minimum atomic E-state index is -0.116. The van der Waals surface area contributed by atoms with E-state index in [4.69, 9.17) is 4.74 Å². The van der Waals surface area contributed by atoms with E-state index < -0.39 is 0 Å². The van der Waals surface area contributed by atoms with E-state index in [1.54, 1.807) is 6.07 Å². The van der Waals surface area contributed by atoms with Gasteiger partial charge in [-0.1, -0.05) is 31.9 Å². The van der Waals surface area contributed by atoms with Crippen molar-refractivity contribution in [1.29, 1.82) is 0 Å². The minimum Gasteiger partial charge on any atom is -0.368 e. The lowest BCUT2D eigenvalue weighted by Gasteiger charge is -2.28. The number of ether oxygens (including phenoxy) is 1. The first kappa shape index (κ1) is 19.4. The highest BCUT2D eigenvalue weighted by Crippen LogP contribution is 2.26. The summed E-state index contributed by atoms with van der Waals surface area (Å²) in [5, 5.41) is 5.73. The predicted molar refractivity (Wildman–Crippen MR) is 98.3 cm³/mol. The lowest BCUT2D eigenvalue weighted by molar-refractivity contribution is -0.129. The van der Waals surface area contributed by atoms with E-state index >= 15 is 0 Å². The Morgan fingerprint density at radius 2 is 2.00 bits per heavy atom. The fraction of sp³-hybridized carbons (Fsp3) is 0.600. The number of carbonyl (C=O) groups excluding carboxylic acids is 2. The number of carbonyl (C=O) groups is 2. The molecular weight excluding hydrogens is 316 g/mol. The average molecular weight is 346 g/mol. The molecule has 1 aromatic carbocycles. The summed E-state index contributed by atoms with van der Waals surface area (Å²) in [5.74, 6) is 0.310. The van der Waals surface area contributed by atoms with Crippen LogP contribution in [0.3, 0.4) is 0 Å². The van der Waals surface area contributed by atoms with Gasteiger partial charge in [-0.15, -0.1) is 0 Å². The Kier molecular flexibility index (Phi) is 7.44. The van der Waals surface area contributed by atoms with Crippen LogP contribution in [-0.2, 0) is 16.1 Å². The van der Waals surface area contributed by atoms with Gasteiger partial charge in [-0.25, -0.2) is 0 Å². The van der Waals surface area contributed by atoms with Crippen LogP contribution in [0.2, 0.25) is 0 Å². The van der Waals surface area contributed by atoms with Gasteiger partial charge in [-0.05, 0) is 50.3 Å². The fourth-order valence-electron chi connectivity index (χ4n) is 3.13. The zero-order valence-corrected chi connectivity index (χ0v) is 15.5. The molecule has 5 nitrogen and oxygen atoms in total. The first-order valence-electron chi connectivity index (χ1n) is 9.24. The largest absolute Gasteiger partial charge is 0.368 e. The van der Waals surface area contributed by atoms with Crippen molar-refractivity contribution in [3.8, 4) is 0 Å². The van der Waals surface area contributed by atoms with Crippen LogP contribution in [0.5, 0.6) is 0 Å². The predicted octanol–water partition coefficient (Wildman–Crippen LogP) is 3.04. The van der Waals surface area contributed by atoms with Crippen molar-refractivity contribution in [2.24, 2.45) is 5.92 Å². The second-order valence-corrected chi connectivity index (χ2v) is 7.22. The zero-order chi connectivity index (χ0) is 18.2. The SMILES string of the molecule is CC(C)NC(=O)c1cccc(CNC(=O)CO[C@@H]2CCCC[C@@H]2C)c1. The van der Waals surface area contributed by atoms with Crippen molar-refractivity contribution < 1.29 is 14.3 Å². The third-order valence-electron chi connectivity index (χ3n) is 4.56. The Morgan fingerprint density at radius 1 is 1.24 bits per heavy atom. The second-order valence-electron chi connectivity index (χ2n) is 7.22. The summed E-state index contributed by atoms with van der Waals surface area (Å²) in [5.41, 5.74) is 1.50. The number of hydrogen-bond acceptors (Lipinski definition) is 3. The summed E-state index contributed by atoms with van der Waals surface area (Å²) in [6, 6.07) is 7.40. The molecule has 2 amide bonds. The Morgan fingerprint density at radius 3 is 2.72 bits per heavy atom. The van der Waals surface area contributed by atoms with E-state index in [1.165, 1.54) is 19.3 Å². The molecule has 0 bridgehead atoms. The molecule has 0 radical (unpaired) electrons. The van der Waals surface area contributed by atoms with E-state index in [1.807, 2.05) is 32.0 Å². The van der Waals surface area contributed by atoms with Gasteiger partial charge in [-0.2, -0.15) is 0 Å². The van der Waals surface area contributed by atoms with Gasteiger partial charge in [0, 0.05) is 18.2 Å². The van der Waals surface area contributed by atoms with Crippen LogP contribution in [0.1, 0.15) is 62.4 Å². The molecule has 2 rings (SSSR count). The average Bonchev–Trinajstić information content (AvgIpc) is 2.59. The Balaban J connectivity index is 1.78. The van der Waals surface area contributed by atoms with Crippen LogP contribution in [0, 0.1) is 5.92 Å². The molecule has 1 aliphatic rings. The van der Waals surface area contributed by atoms with Gasteiger partial charge in [0.15, 0.2) is 0 Å². The first-order valence-corrected chi connectivity index (χ1v) is 9.24. The lowest BCUT2D eigenvalue weighted by atomic mass is 9.88. The smallest absolute Gasteiger partial charge is 0.251 e. The molecule has 1 aliphatic carbocycles. The molecule has 0 unspecified atom stereocenters. The molecule has 138 valence electrons.